The van der Waals surface area contributed by atoms with Gasteiger partial charge in [0.1, 0.15) is 5.56 Å². The third-order valence-corrected chi connectivity index (χ3v) is 2.55. The molecule has 5 heteroatoms. The first kappa shape index (κ1) is 17.9. The molecule has 5 nitrogen and oxygen atoms in total. The molecule has 0 aliphatic heterocycles. The summed E-state index contributed by atoms with van der Waals surface area (Å²) in [4.78, 5) is 23.4. The Kier molecular flexibility index (Phi) is 7.93. The normalized spacial score (nSPS) is 11.8. The fraction of sp³-hybridized carbons (Fsp3) is 0.333. The van der Waals surface area contributed by atoms with Crippen molar-refractivity contribution in [3.05, 3.63) is 45.2 Å². The Labute approximate surface area is 118 Å². The van der Waals surface area contributed by atoms with Gasteiger partial charge < -0.3 is 16.0 Å². The van der Waals surface area contributed by atoms with Crippen LogP contribution in [0.2, 0.25) is 0 Å². The minimum atomic E-state index is -0.743. The summed E-state index contributed by atoms with van der Waals surface area (Å²) in [7, 11) is 0. The van der Waals surface area contributed by atoms with E-state index in [1.165, 1.54) is 12.3 Å². The van der Waals surface area contributed by atoms with E-state index in [0.29, 0.717) is 23.7 Å². The topological polar surface area (TPSA) is 91.1 Å². The Morgan fingerprint density at radius 3 is 2.45 bits per heavy atom. The number of amides is 1. The summed E-state index contributed by atoms with van der Waals surface area (Å²) in [5.74, 6) is -0.743. The van der Waals surface area contributed by atoms with Gasteiger partial charge >= 0.3 is 0 Å². The number of primary amides is 1. The standard InChI is InChI=1S/C13H17N3O2.C2H6/c1-3-5-9-11(4-2)16(7-6-14)8-10(12(9)17)13(15)18;1-2/h3-5,8H,1,6-7,14H2,2H3,(H2,15,18);1-2H3/b9-5+,11-4+;. The van der Waals surface area contributed by atoms with Gasteiger partial charge in [-0.3, -0.25) is 9.59 Å². The molecule has 20 heavy (non-hydrogen) atoms. The molecule has 4 N–H and O–H groups in total. The largest absolute Gasteiger partial charge is 0.365 e. The molecule has 110 valence electrons. The van der Waals surface area contributed by atoms with Crippen molar-refractivity contribution < 1.29 is 4.79 Å². The van der Waals surface area contributed by atoms with E-state index in [2.05, 4.69) is 6.58 Å². The van der Waals surface area contributed by atoms with Crippen molar-refractivity contribution in [1.29, 1.82) is 0 Å². The molecule has 1 rings (SSSR count). The van der Waals surface area contributed by atoms with Crippen LogP contribution in [0.4, 0.5) is 0 Å². The Morgan fingerprint density at radius 2 is 2.05 bits per heavy atom. The van der Waals surface area contributed by atoms with Gasteiger partial charge in [0.2, 0.25) is 5.43 Å². The number of nitrogens with two attached hydrogens (primary N) is 2. The van der Waals surface area contributed by atoms with Crippen molar-refractivity contribution in [3.8, 4) is 0 Å². The molecule has 1 heterocycles. The number of carbonyl (C=O) groups excluding carboxylic acids is 1. The fourth-order valence-electron chi connectivity index (χ4n) is 1.80. The van der Waals surface area contributed by atoms with Crippen molar-refractivity contribution in [1.82, 2.24) is 4.57 Å². The lowest BCUT2D eigenvalue weighted by Crippen LogP contribution is -2.48. The zero-order chi connectivity index (χ0) is 15.7. The number of aromatic nitrogens is 1. The first-order valence-electron chi connectivity index (χ1n) is 6.59. The van der Waals surface area contributed by atoms with Gasteiger partial charge in [0, 0.05) is 29.9 Å². The second kappa shape index (κ2) is 8.87. The second-order valence-electron chi connectivity index (χ2n) is 3.71. The zero-order valence-electron chi connectivity index (χ0n) is 12.3. The summed E-state index contributed by atoms with van der Waals surface area (Å²) in [6.07, 6.45) is 6.31. The molecular weight excluding hydrogens is 254 g/mol. The monoisotopic (exact) mass is 277 g/mol. The fourth-order valence-corrected chi connectivity index (χ4v) is 1.80. The van der Waals surface area contributed by atoms with E-state index < -0.39 is 5.91 Å². The molecule has 0 unspecified atom stereocenters. The number of hydrogen-bond donors (Lipinski definition) is 2. The van der Waals surface area contributed by atoms with E-state index in [1.54, 1.807) is 16.7 Å². The van der Waals surface area contributed by atoms with Crippen LogP contribution >= 0.6 is 0 Å². The average molecular weight is 277 g/mol. The van der Waals surface area contributed by atoms with Crippen LogP contribution in [0.5, 0.6) is 0 Å². The molecule has 0 fully saturated rings. The zero-order valence-corrected chi connectivity index (χ0v) is 12.3. The van der Waals surface area contributed by atoms with Crippen LogP contribution in [0.15, 0.2) is 23.6 Å². The van der Waals surface area contributed by atoms with Gasteiger partial charge in [0.05, 0.1) is 0 Å². The third kappa shape index (κ3) is 3.93. The molecule has 0 saturated carbocycles. The predicted octanol–water partition coefficient (Wildman–Crippen LogP) is -0.301. The van der Waals surface area contributed by atoms with Crippen LogP contribution in [0, 0.1) is 0 Å². The van der Waals surface area contributed by atoms with E-state index in [1.807, 2.05) is 20.8 Å². The van der Waals surface area contributed by atoms with Gasteiger partial charge in [-0.05, 0) is 13.0 Å². The first-order valence-corrected chi connectivity index (χ1v) is 6.59. The lowest BCUT2D eigenvalue weighted by atomic mass is 10.2. The number of rotatable bonds is 4. The van der Waals surface area contributed by atoms with Crippen molar-refractivity contribution in [2.75, 3.05) is 6.54 Å². The van der Waals surface area contributed by atoms with Crippen molar-refractivity contribution in [2.24, 2.45) is 11.5 Å². The lowest BCUT2D eigenvalue weighted by Gasteiger charge is -2.08. The maximum absolute atomic E-state index is 12.1. The maximum Gasteiger partial charge on any atom is 0.254 e. The molecule has 1 aromatic rings. The van der Waals surface area contributed by atoms with Crippen LogP contribution < -0.4 is 27.5 Å². The third-order valence-electron chi connectivity index (χ3n) is 2.55. The summed E-state index contributed by atoms with van der Waals surface area (Å²) < 4.78 is 1.75. The Balaban J connectivity index is 0.00000172. The molecule has 0 aliphatic carbocycles. The summed E-state index contributed by atoms with van der Waals surface area (Å²) in [6.45, 7) is 10.3. The number of hydrogen-bond acceptors (Lipinski definition) is 3. The molecule has 0 spiro atoms. The molecule has 0 bridgehead atoms. The highest BCUT2D eigenvalue weighted by molar-refractivity contribution is 5.92. The SMILES string of the molecule is C=C/C=c1/c(=O)c(C(N)=O)cn(CCN)/c1=C/C.CC. The van der Waals surface area contributed by atoms with Crippen LogP contribution in [0.25, 0.3) is 12.2 Å². The van der Waals surface area contributed by atoms with Crippen molar-refractivity contribution >= 4 is 18.1 Å². The summed E-state index contributed by atoms with van der Waals surface area (Å²) in [6, 6.07) is 0. The van der Waals surface area contributed by atoms with Gasteiger partial charge in [0.25, 0.3) is 5.91 Å². The average Bonchev–Trinajstić information content (AvgIpc) is 2.44. The van der Waals surface area contributed by atoms with Crippen LogP contribution in [0.1, 0.15) is 31.1 Å². The van der Waals surface area contributed by atoms with E-state index in [4.69, 9.17) is 11.5 Å². The highest BCUT2D eigenvalue weighted by Crippen LogP contribution is 1.86. The number of carbonyl (C=O) groups is 1. The smallest absolute Gasteiger partial charge is 0.254 e. The van der Waals surface area contributed by atoms with Gasteiger partial charge in [-0.2, -0.15) is 0 Å². The second-order valence-corrected chi connectivity index (χ2v) is 3.71. The Bertz CT molecular complexity index is 642. The Hall–Kier alpha value is -2.14. The van der Waals surface area contributed by atoms with E-state index >= 15 is 0 Å². The molecule has 0 radical (unpaired) electrons. The van der Waals surface area contributed by atoms with Crippen LogP contribution in [0.3, 0.4) is 0 Å². The number of allylic oxidation sites excluding steroid dienone is 1. The lowest BCUT2D eigenvalue weighted by molar-refractivity contribution is 0.0998. The predicted molar refractivity (Wildman–Crippen MR) is 83.7 cm³/mol. The van der Waals surface area contributed by atoms with Gasteiger partial charge in [0.15, 0.2) is 0 Å². The minimum absolute atomic E-state index is 0.0397. The maximum atomic E-state index is 12.1. The molecule has 0 atom stereocenters. The molecule has 0 saturated heterocycles. The summed E-state index contributed by atoms with van der Waals surface area (Å²) >= 11 is 0. The minimum Gasteiger partial charge on any atom is -0.365 e. The highest BCUT2D eigenvalue weighted by Gasteiger charge is 2.09. The number of nitrogens with zero attached hydrogens (tertiary/aromatic N) is 1. The first-order chi connectivity index (χ1) is 9.56. The van der Waals surface area contributed by atoms with E-state index in [9.17, 15) is 9.59 Å². The molecule has 1 aromatic heterocycles. The quantitative estimate of drug-likeness (QED) is 0.791. The highest BCUT2D eigenvalue weighted by atomic mass is 16.2. The molecule has 0 aromatic carbocycles. The molecule has 0 aliphatic rings. The Morgan fingerprint density at radius 1 is 1.45 bits per heavy atom. The van der Waals surface area contributed by atoms with E-state index in [-0.39, 0.29) is 11.0 Å². The van der Waals surface area contributed by atoms with Gasteiger partial charge in [-0.1, -0.05) is 32.6 Å². The van der Waals surface area contributed by atoms with Crippen LogP contribution in [-0.2, 0) is 6.54 Å². The molecular formula is C15H23N3O2. The number of pyridine rings is 1. The summed E-state index contributed by atoms with van der Waals surface area (Å²) in [5, 5.41) is 1.10. The van der Waals surface area contributed by atoms with E-state index in [0.717, 1.165) is 0 Å². The molecule has 1 amide bonds. The van der Waals surface area contributed by atoms with Crippen LogP contribution in [-0.4, -0.2) is 17.0 Å². The van der Waals surface area contributed by atoms with Crippen molar-refractivity contribution in [2.45, 2.75) is 27.3 Å². The van der Waals surface area contributed by atoms with Gasteiger partial charge in [-0.15, -0.1) is 0 Å². The van der Waals surface area contributed by atoms with Gasteiger partial charge in [-0.25, -0.2) is 0 Å². The van der Waals surface area contributed by atoms with Crippen molar-refractivity contribution in [3.63, 3.8) is 0 Å². The summed E-state index contributed by atoms with van der Waals surface area (Å²) in [5.41, 5.74) is 10.3.